The molecule has 1 fully saturated rings. The van der Waals surface area contributed by atoms with E-state index < -0.39 is 0 Å². The second kappa shape index (κ2) is 3.89. The highest BCUT2D eigenvalue weighted by atomic mass is 79.9. The molecule has 1 atom stereocenters. The van der Waals surface area contributed by atoms with Crippen LogP contribution in [-0.4, -0.2) is 32.4 Å². The molecule has 0 aromatic heterocycles. The molecule has 0 spiro atoms. The van der Waals surface area contributed by atoms with E-state index in [1.54, 1.807) is 0 Å². The first-order chi connectivity index (χ1) is 7.75. The Kier molecular flexibility index (Phi) is 2.52. The van der Waals surface area contributed by atoms with Gasteiger partial charge in [0.15, 0.2) is 0 Å². The molecule has 3 rings (SSSR count). The molecule has 0 saturated carbocycles. The molecule has 0 N–H and O–H groups in total. The molecule has 0 bridgehead atoms. The molecule has 1 aromatic carbocycles. The van der Waals surface area contributed by atoms with E-state index in [1.807, 2.05) is 0 Å². The Morgan fingerprint density at radius 1 is 1.38 bits per heavy atom. The van der Waals surface area contributed by atoms with Crippen molar-refractivity contribution in [2.75, 3.05) is 31.3 Å². The summed E-state index contributed by atoms with van der Waals surface area (Å²) in [5.74, 6) is 0.336. The fourth-order valence-corrected chi connectivity index (χ4v) is 2.85. The maximum atomic E-state index is 13.2. The fraction of sp³-hybridized carbons (Fsp3) is 0.455. The molecule has 3 nitrogen and oxygen atoms in total. The summed E-state index contributed by atoms with van der Waals surface area (Å²) in [7, 11) is 0. The first-order valence-electron chi connectivity index (χ1n) is 5.22. The lowest BCUT2D eigenvalue weighted by Gasteiger charge is -2.41. The molecule has 1 saturated heterocycles. The Morgan fingerprint density at radius 2 is 2.25 bits per heavy atom. The molecule has 2 heterocycles. The molecule has 2 aliphatic heterocycles. The zero-order chi connectivity index (χ0) is 11.1. The number of morpholine rings is 1. The van der Waals surface area contributed by atoms with Crippen LogP contribution in [0.1, 0.15) is 0 Å². The number of halogens is 2. The summed E-state index contributed by atoms with van der Waals surface area (Å²) in [6.07, 6.45) is 0. The molecule has 0 amide bonds. The minimum Gasteiger partial charge on any atom is -0.489 e. The van der Waals surface area contributed by atoms with Crippen LogP contribution in [0.4, 0.5) is 10.1 Å². The van der Waals surface area contributed by atoms with Gasteiger partial charge in [-0.15, -0.1) is 0 Å². The summed E-state index contributed by atoms with van der Waals surface area (Å²) < 4.78 is 24.9. The van der Waals surface area contributed by atoms with Gasteiger partial charge in [-0.1, -0.05) is 0 Å². The van der Waals surface area contributed by atoms with Gasteiger partial charge in [0.25, 0.3) is 0 Å². The van der Waals surface area contributed by atoms with Gasteiger partial charge in [-0.25, -0.2) is 4.39 Å². The Hall–Kier alpha value is -0.810. The number of rotatable bonds is 0. The third-order valence-corrected chi connectivity index (χ3v) is 3.54. The second-order valence-electron chi connectivity index (χ2n) is 3.97. The van der Waals surface area contributed by atoms with Crippen LogP contribution >= 0.6 is 15.9 Å². The van der Waals surface area contributed by atoms with E-state index in [0.717, 1.165) is 16.7 Å². The van der Waals surface area contributed by atoms with Crippen molar-refractivity contribution in [1.82, 2.24) is 0 Å². The van der Waals surface area contributed by atoms with Gasteiger partial charge in [0.1, 0.15) is 18.2 Å². The normalized spacial score (nSPS) is 23.4. The molecule has 1 aromatic rings. The first-order valence-corrected chi connectivity index (χ1v) is 6.01. The highest BCUT2D eigenvalue weighted by molar-refractivity contribution is 9.10. The lowest BCUT2D eigenvalue weighted by molar-refractivity contribution is 0.0703. The quantitative estimate of drug-likeness (QED) is 0.730. The van der Waals surface area contributed by atoms with E-state index in [9.17, 15) is 4.39 Å². The molecule has 0 radical (unpaired) electrons. The molecule has 5 heteroatoms. The average molecular weight is 288 g/mol. The molecule has 2 aliphatic rings. The van der Waals surface area contributed by atoms with Gasteiger partial charge in [0, 0.05) is 17.1 Å². The number of hydrogen-bond acceptors (Lipinski definition) is 3. The molecule has 86 valence electrons. The number of benzene rings is 1. The van der Waals surface area contributed by atoms with Gasteiger partial charge in [0.2, 0.25) is 0 Å². The van der Waals surface area contributed by atoms with Gasteiger partial charge in [-0.05, 0) is 22.0 Å². The van der Waals surface area contributed by atoms with Crippen LogP contribution in [0, 0.1) is 5.82 Å². The van der Waals surface area contributed by atoms with Crippen molar-refractivity contribution in [3.63, 3.8) is 0 Å². The van der Waals surface area contributed by atoms with Crippen LogP contribution < -0.4 is 9.64 Å². The molecule has 16 heavy (non-hydrogen) atoms. The van der Waals surface area contributed by atoms with Crippen LogP contribution in [-0.2, 0) is 4.74 Å². The maximum absolute atomic E-state index is 13.2. The summed E-state index contributed by atoms with van der Waals surface area (Å²) in [6, 6.07) is 3.15. The van der Waals surface area contributed by atoms with Crippen molar-refractivity contribution in [1.29, 1.82) is 0 Å². The zero-order valence-electron chi connectivity index (χ0n) is 8.58. The minimum absolute atomic E-state index is 0.239. The Balaban J connectivity index is 2.07. The van der Waals surface area contributed by atoms with Crippen molar-refractivity contribution < 1.29 is 13.9 Å². The van der Waals surface area contributed by atoms with Crippen LogP contribution in [0.2, 0.25) is 0 Å². The van der Waals surface area contributed by atoms with Crippen LogP contribution in [0.25, 0.3) is 0 Å². The highest BCUT2D eigenvalue weighted by Crippen LogP contribution is 2.41. The lowest BCUT2D eigenvalue weighted by Crippen LogP contribution is -2.51. The summed E-state index contributed by atoms with van der Waals surface area (Å²) >= 11 is 3.39. The number of anilines is 1. The van der Waals surface area contributed by atoms with Crippen LogP contribution in [0.15, 0.2) is 16.6 Å². The minimum atomic E-state index is -0.280. The monoisotopic (exact) mass is 287 g/mol. The standard InChI is InChI=1S/C11H11BrFNO2/c12-9-3-7(13)4-10-11(9)14-1-2-15-5-8(14)6-16-10/h3-4,8H,1-2,5-6H2/t8-/m1/s1. The fourth-order valence-electron chi connectivity index (χ4n) is 2.20. The summed E-state index contributed by atoms with van der Waals surface area (Å²) in [4.78, 5) is 2.23. The zero-order valence-corrected chi connectivity index (χ0v) is 10.2. The van der Waals surface area contributed by atoms with Gasteiger partial charge >= 0.3 is 0 Å². The smallest absolute Gasteiger partial charge is 0.146 e. The largest absolute Gasteiger partial charge is 0.489 e. The maximum Gasteiger partial charge on any atom is 0.146 e. The average Bonchev–Trinajstić information content (AvgIpc) is 2.28. The predicted octanol–water partition coefficient (Wildman–Crippen LogP) is 2.19. The van der Waals surface area contributed by atoms with E-state index in [4.69, 9.17) is 9.47 Å². The molecular weight excluding hydrogens is 277 g/mol. The van der Waals surface area contributed by atoms with Gasteiger partial charge < -0.3 is 14.4 Å². The molecular formula is C11H11BrFNO2. The van der Waals surface area contributed by atoms with Crippen molar-refractivity contribution in [3.05, 3.63) is 22.4 Å². The third kappa shape index (κ3) is 1.58. The molecule has 0 unspecified atom stereocenters. The van der Waals surface area contributed by atoms with Crippen molar-refractivity contribution >= 4 is 21.6 Å². The van der Waals surface area contributed by atoms with E-state index in [-0.39, 0.29) is 11.9 Å². The number of ether oxygens (including phenoxy) is 2. The van der Waals surface area contributed by atoms with E-state index in [1.165, 1.54) is 12.1 Å². The molecule has 0 aliphatic carbocycles. The van der Waals surface area contributed by atoms with Crippen molar-refractivity contribution in [2.45, 2.75) is 6.04 Å². The first kappa shape index (κ1) is 10.4. The van der Waals surface area contributed by atoms with Gasteiger partial charge in [0.05, 0.1) is 24.9 Å². The third-order valence-electron chi connectivity index (χ3n) is 2.94. The van der Waals surface area contributed by atoms with Crippen LogP contribution in [0.5, 0.6) is 5.75 Å². The Bertz CT molecular complexity index is 427. The number of hydrogen-bond donors (Lipinski definition) is 0. The van der Waals surface area contributed by atoms with Crippen molar-refractivity contribution in [2.24, 2.45) is 0 Å². The number of nitrogens with zero attached hydrogens (tertiary/aromatic N) is 1. The van der Waals surface area contributed by atoms with E-state index >= 15 is 0 Å². The lowest BCUT2D eigenvalue weighted by atomic mass is 10.1. The second-order valence-corrected chi connectivity index (χ2v) is 4.82. The van der Waals surface area contributed by atoms with Gasteiger partial charge in [-0.2, -0.15) is 0 Å². The van der Waals surface area contributed by atoms with Crippen molar-refractivity contribution in [3.8, 4) is 5.75 Å². The Morgan fingerprint density at radius 3 is 3.12 bits per heavy atom. The SMILES string of the molecule is Fc1cc(Br)c2c(c1)OC[C@H]1COCCN21. The van der Waals surface area contributed by atoms with Gasteiger partial charge in [-0.3, -0.25) is 0 Å². The summed E-state index contributed by atoms with van der Waals surface area (Å²) in [5, 5.41) is 0. The summed E-state index contributed by atoms with van der Waals surface area (Å²) in [5.41, 5.74) is 0.945. The Labute approximate surface area is 101 Å². The van der Waals surface area contributed by atoms with E-state index in [2.05, 4.69) is 20.8 Å². The summed E-state index contributed by atoms with van der Waals surface area (Å²) in [6.45, 7) is 2.76. The van der Waals surface area contributed by atoms with E-state index in [0.29, 0.717) is 25.6 Å². The predicted molar refractivity (Wildman–Crippen MR) is 61.5 cm³/mol. The number of fused-ring (bicyclic) bond motifs is 3. The van der Waals surface area contributed by atoms with Crippen LogP contribution in [0.3, 0.4) is 0 Å². The topological polar surface area (TPSA) is 21.7 Å². The highest BCUT2D eigenvalue weighted by Gasteiger charge is 2.32.